The average Bonchev–Trinajstić information content (AvgIpc) is 2.82. The van der Waals surface area contributed by atoms with Crippen LogP contribution in [0.5, 0.6) is 0 Å². The Morgan fingerprint density at radius 3 is 2.32 bits per heavy atom. The van der Waals surface area contributed by atoms with Gasteiger partial charge in [-0.25, -0.2) is 14.4 Å². The summed E-state index contributed by atoms with van der Waals surface area (Å²) in [6.07, 6.45) is 3.49. The lowest BCUT2D eigenvalue weighted by atomic mass is 9.91. The molecule has 6 nitrogen and oxygen atoms in total. The van der Waals surface area contributed by atoms with Crippen molar-refractivity contribution in [2.45, 2.75) is 37.8 Å². The number of aromatic nitrogens is 2. The Balaban J connectivity index is 0.00000324. The fraction of sp³-hybridized carbons (Fsp3) is 0.320. The zero-order valence-corrected chi connectivity index (χ0v) is 20.7. The Kier molecular flexibility index (Phi) is 8.69. The number of anilines is 2. The van der Waals surface area contributed by atoms with Gasteiger partial charge in [-0.2, -0.15) is 0 Å². The Bertz CT molecular complexity index is 1120. The number of benzene rings is 2. The maximum absolute atomic E-state index is 13.4. The summed E-state index contributed by atoms with van der Waals surface area (Å²) in [5, 5.41) is 6.55. The highest BCUT2D eigenvalue weighted by molar-refractivity contribution is 6.31. The monoisotopic (exact) mass is 503 g/mol. The first-order chi connectivity index (χ1) is 15.9. The second kappa shape index (κ2) is 11.5. The molecule has 4 rings (SSSR count). The summed E-state index contributed by atoms with van der Waals surface area (Å²) >= 11 is 5.80. The van der Waals surface area contributed by atoms with Crippen molar-refractivity contribution >= 4 is 41.6 Å². The summed E-state index contributed by atoms with van der Waals surface area (Å²) in [5.74, 6) is 1.55. The average molecular weight is 504 g/mol. The molecule has 3 aromatic rings. The summed E-state index contributed by atoms with van der Waals surface area (Å²) in [6, 6.07) is 16.2. The van der Waals surface area contributed by atoms with Gasteiger partial charge in [0.2, 0.25) is 0 Å². The number of hydrogen-bond donors (Lipinski definition) is 2. The highest BCUT2D eigenvalue weighted by Gasteiger charge is 2.24. The number of rotatable bonds is 6. The summed E-state index contributed by atoms with van der Waals surface area (Å²) < 4.78 is 13.4. The van der Waals surface area contributed by atoms with Gasteiger partial charge in [-0.1, -0.05) is 41.9 Å². The Morgan fingerprint density at radius 2 is 1.68 bits per heavy atom. The number of carbonyl (C=O) groups is 1. The number of halogens is 3. The van der Waals surface area contributed by atoms with E-state index < -0.39 is 5.82 Å². The second-order valence-electron chi connectivity index (χ2n) is 8.49. The molecule has 34 heavy (non-hydrogen) atoms. The minimum absolute atomic E-state index is 0. The highest BCUT2D eigenvalue weighted by atomic mass is 35.5. The van der Waals surface area contributed by atoms with E-state index in [9.17, 15) is 9.18 Å². The van der Waals surface area contributed by atoms with Gasteiger partial charge in [-0.15, -0.1) is 12.4 Å². The molecule has 0 saturated heterocycles. The third-order valence-corrected chi connectivity index (χ3v) is 6.09. The lowest BCUT2D eigenvalue weighted by Crippen LogP contribution is -2.40. The molecular weight excluding hydrogens is 476 g/mol. The van der Waals surface area contributed by atoms with Crippen molar-refractivity contribution in [1.29, 1.82) is 0 Å². The SMILES string of the molecule is CN(C)c1cc(N[C@H]2CC[C@@H](NC(=O)c3ccc(F)c(Cl)c3)CC2)nc(-c2ccccc2)n1.Cl. The minimum atomic E-state index is -0.530. The lowest BCUT2D eigenvalue weighted by molar-refractivity contribution is 0.0926. The molecule has 1 heterocycles. The Labute approximate surface area is 210 Å². The van der Waals surface area contributed by atoms with Gasteiger partial charge >= 0.3 is 0 Å². The molecule has 1 aromatic heterocycles. The van der Waals surface area contributed by atoms with Crippen molar-refractivity contribution in [2.75, 3.05) is 24.3 Å². The normalized spacial score (nSPS) is 17.4. The van der Waals surface area contributed by atoms with E-state index >= 15 is 0 Å². The molecule has 1 fully saturated rings. The Hall–Kier alpha value is -2.90. The van der Waals surface area contributed by atoms with Crippen molar-refractivity contribution < 1.29 is 9.18 Å². The maximum Gasteiger partial charge on any atom is 0.251 e. The molecule has 0 spiro atoms. The van der Waals surface area contributed by atoms with Gasteiger partial charge in [0.25, 0.3) is 5.91 Å². The van der Waals surface area contributed by atoms with Crippen molar-refractivity contribution in [3.63, 3.8) is 0 Å². The van der Waals surface area contributed by atoms with Crippen LogP contribution in [0.4, 0.5) is 16.0 Å². The molecule has 0 bridgehead atoms. The van der Waals surface area contributed by atoms with E-state index in [1.165, 1.54) is 18.2 Å². The van der Waals surface area contributed by atoms with Crippen LogP contribution in [-0.2, 0) is 0 Å². The minimum Gasteiger partial charge on any atom is -0.367 e. The molecule has 1 aliphatic rings. The Morgan fingerprint density at radius 1 is 1.00 bits per heavy atom. The quantitative estimate of drug-likeness (QED) is 0.459. The molecular formula is C25H28Cl2FN5O. The molecule has 1 amide bonds. The van der Waals surface area contributed by atoms with Gasteiger partial charge in [0, 0.05) is 43.4 Å². The van der Waals surface area contributed by atoms with Crippen LogP contribution >= 0.6 is 24.0 Å². The predicted molar refractivity (Wildman–Crippen MR) is 138 cm³/mol. The van der Waals surface area contributed by atoms with Crippen LogP contribution in [0.25, 0.3) is 11.4 Å². The van der Waals surface area contributed by atoms with E-state index in [1.807, 2.05) is 55.4 Å². The molecule has 180 valence electrons. The van der Waals surface area contributed by atoms with Crippen molar-refractivity contribution in [1.82, 2.24) is 15.3 Å². The van der Waals surface area contributed by atoms with Crippen LogP contribution in [-0.4, -0.2) is 42.1 Å². The first-order valence-electron chi connectivity index (χ1n) is 11.0. The zero-order valence-electron chi connectivity index (χ0n) is 19.1. The number of nitrogens with one attached hydrogen (secondary N) is 2. The van der Waals surface area contributed by atoms with Gasteiger partial charge in [-0.3, -0.25) is 4.79 Å². The first kappa shape index (κ1) is 25.7. The molecule has 2 N–H and O–H groups in total. The van der Waals surface area contributed by atoms with E-state index in [1.54, 1.807) is 0 Å². The fourth-order valence-corrected chi connectivity index (χ4v) is 4.13. The predicted octanol–water partition coefficient (Wildman–Crippen LogP) is 5.58. The van der Waals surface area contributed by atoms with Gasteiger partial charge < -0.3 is 15.5 Å². The van der Waals surface area contributed by atoms with E-state index in [0.717, 1.165) is 42.9 Å². The van der Waals surface area contributed by atoms with Crippen molar-refractivity contribution in [3.05, 3.63) is 71.0 Å². The van der Waals surface area contributed by atoms with E-state index in [0.29, 0.717) is 11.4 Å². The van der Waals surface area contributed by atoms with Crippen molar-refractivity contribution in [3.8, 4) is 11.4 Å². The van der Waals surface area contributed by atoms with Gasteiger partial charge in [0.1, 0.15) is 17.5 Å². The van der Waals surface area contributed by atoms with Crippen LogP contribution in [0.2, 0.25) is 5.02 Å². The summed E-state index contributed by atoms with van der Waals surface area (Å²) in [6.45, 7) is 0. The van der Waals surface area contributed by atoms with E-state index in [4.69, 9.17) is 16.6 Å². The first-order valence-corrected chi connectivity index (χ1v) is 11.4. The van der Waals surface area contributed by atoms with E-state index in [-0.39, 0.29) is 35.4 Å². The van der Waals surface area contributed by atoms with Crippen LogP contribution in [0.1, 0.15) is 36.0 Å². The number of carbonyl (C=O) groups excluding carboxylic acids is 1. The molecule has 0 radical (unpaired) electrons. The van der Waals surface area contributed by atoms with Crippen molar-refractivity contribution in [2.24, 2.45) is 0 Å². The van der Waals surface area contributed by atoms with Crippen LogP contribution < -0.4 is 15.5 Å². The van der Waals surface area contributed by atoms with Crippen LogP contribution in [0.15, 0.2) is 54.6 Å². The fourth-order valence-electron chi connectivity index (χ4n) is 3.95. The number of nitrogens with zero attached hydrogens (tertiary/aromatic N) is 3. The lowest BCUT2D eigenvalue weighted by Gasteiger charge is -2.30. The van der Waals surface area contributed by atoms with Gasteiger partial charge in [-0.05, 0) is 43.9 Å². The largest absolute Gasteiger partial charge is 0.367 e. The summed E-state index contributed by atoms with van der Waals surface area (Å²) in [4.78, 5) is 23.9. The summed E-state index contributed by atoms with van der Waals surface area (Å²) in [5.41, 5.74) is 1.34. The number of hydrogen-bond acceptors (Lipinski definition) is 5. The topological polar surface area (TPSA) is 70.2 Å². The second-order valence-corrected chi connectivity index (χ2v) is 8.90. The molecule has 1 aliphatic carbocycles. The summed E-state index contributed by atoms with van der Waals surface area (Å²) in [7, 11) is 3.92. The number of amides is 1. The smallest absolute Gasteiger partial charge is 0.251 e. The van der Waals surface area contributed by atoms with E-state index in [2.05, 4.69) is 15.6 Å². The van der Waals surface area contributed by atoms with Gasteiger partial charge in [0.15, 0.2) is 5.82 Å². The molecule has 9 heteroatoms. The molecule has 2 aromatic carbocycles. The zero-order chi connectivity index (χ0) is 23.4. The van der Waals surface area contributed by atoms with Crippen LogP contribution in [0, 0.1) is 5.82 Å². The maximum atomic E-state index is 13.4. The third-order valence-electron chi connectivity index (χ3n) is 5.80. The third kappa shape index (κ3) is 6.36. The molecule has 0 unspecified atom stereocenters. The highest BCUT2D eigenvalue weighted by Crippen LogP contribution is 2.26. The molecule has 1 saturated carbocycles. The van der Waals surface area contributed by atoms with Crippen LogP contribution in [0.3, 0.4) is 0 Å². The molecule has 0 atom stereocenters. The van der Waals surface area contributed by atoms with Gasteiger partial charge in [0.05, 0.1) is 5.02 Å². The standard InChI is InChI=1S/C25H27ClFN5O.ClH/c1-32(2)23-15-22(30-24(31-23)16-6-4-3-5-7-16)28-18-9-11-19(12-10-18)29-25(33)17-8-13-21(27)20(26)14-17;/h3-8,13-15,18-19H,9-12H2,1-2H3,(H,29,33)(H,28,30,31);1H/t18-,19+;. The molecule has 0 aliphatic heterocycles.